The number of nitrogens with one attached hydrogen (secondary N) is 2. The highest BCUT2D eigenvalue weighted by atomic mass is 16.2. The molecule has 4 nitrogen and oxygen atoms in total. The summed E-state index contributed by atoms with van der Waals surface area (Å²) in [5, 5.41) is 5.91. The molecule has 4 heteroatoms. The van der Waals surface area contributed by atoms with Crippen LogP contribution >= 0.6 is 0 Å². The van der Waals surface area contributed by atoms with Crippen molar-refractivity contribution in [1.29, 1.82) is 0 Å². The largest absolute Gasteiger partial charge is 0.398 e. The minimum Gasteiger partial charge on any atom is -0.398 e. The zero-order chi connectivity index (χ0) is 10.3. The van der Waals surface area contributed by atoms with Crippen LogP contribution in [0.2, 0.25) is 0 Å². The third-order valence-electron chi connectivity index (χ3n) is 2.43. The van der Waals surface area contributed by atoms with Crippen molar-refractivity contribution >= 4 is 23.0 Å². The predicted octanol–water partition coefficient (Wildman–Crippen LogP) is 1.33. The third-order valence-corrected chi connectivity index (χ3v) is 2.43. The lowest BCUT2D eigenvalue weighted by Gasteiger charge is -2.25. The van der Waals surface area contributed by atoms with Crippen LogP contribution < -0.4 is 16.4 Å². The van der Waals surface area contributed by atoms with E-state index in [4.69, 9.17) is 5.73 Å². The summed E-state index contributed by atoms with van der Waals surface area (Å²) in [7, 11) is 0. The van der Waals surface area contributed by atoms with Gasteiger partial charge in [0.15, 0.2) is 0 Å². The lowest BCUT2D eigenvalue weighted by atomic mass is 10.1. The second-order valence-corrected chi connectivity index (χ2v) is 3.61. The molecule has 0 saturated carbocycles. The monoisotopic (exact) mass is 191 g/mol. The van der Waals surface area contributed by atoms with Crippen LogP contribution in [-0.2, 0) is 4.79 Å². The number of aryl methyl sites for hydroxylation is 1. The fourth-order valence-electron chi connectivity index (χ4n) is 1.49. The maximum Gasteiger partial charge on any atom is 0.246 e. The van der Waals surface area contributed by atoms with Crippen molar-refractivity contribution in [3.8, 4) is 0 Å². The molecule has 0 fully saturated rings. The number of hydrogen-bond acceptors (Lipinski definition) is 3. The van der Waals surface area contributed by atoms with Crippen molar-refractivity contribution in [2.45, 2.75) is 19.9 Å². The van der Waals surface area contributed by atoms with E-state index in [9.17, 15) is 4.79 Å². The Kier molecular flexibility index (Phi) is 1.84. The first-order valence-electron chi connectivity index (χ1n) is 4.55. The van der Waals surface area contributed by atoms with Gasteiger partial charge in [-0.05, 0) is 31.5 Å². The first kappa shape index (κ1) is 8.87. The van der Waals surface area contributed by atoms with Crippen molar-refractivity contribution in [3.63, 3.8) is 0 Å². The molecule has 14 heavy (non-hydrogen) atoms. The zero-order valence-electron chi connectivity index (χ0n) is 8.22. The van der Waals surface area contributed by atoms with Gasteiger partial charge < -0.3 is 16.4 Å². The number of anilines is 3. The van der Waals surface area contributed by atoms with E-state index in [0.29, 0.717) is 0 Å². The smallest absolute Gasteiger partial charge is 0.246 e. The Hall–Kier alpha value is -1.71. The number of rotatable bonds is 0. The molecule has 1 aromatic rings. The Morgan fingerprint density at radius 3 is 2.79 bits per heavy atom. The number of fused-ring (bicyclic) bond motifs is 1. The molecular formula is C10H13N3O. The summed E-state index contributed by atoms with van der Waals surface area (Å²) >= 11 is 0. The van der Waals surface area contributed by atoms with E-state index in [1.54, 1.807) is 0 Å². The van der Waals surface area contributed by atoms with Gasteiger partial charge in [0.1, 0.15) is 6.04 Å². The minimum absolute atomic E-state index is 0.0123. The van der Waals surface area contributed by atoms with Crippen LogP contribution in [0.25, 0.3) is 0 Å². The molecule has 0 spiro atoms. The maximum absolute atomic E-state index is 11.3. The Labute approximate surface area is 82.5 Å². The van der Waals surface area contributed by atoms with Crippen LogP contribution in [0, 0.1) is 6.92 Å². The highest BCUT2D eigenvalue weighted by molar-refractivity contribution is 6.03. The van der Waals surface area contributed by atoms with Crippen LogP contribution in [0.15, 0.2) is 12.1 Å². The van der Waals surface area contributed by atoms with Gasteiger partial charge in [0.05, 0.1) is 11.4 Å². The summed E-state index contributed by atoms with van der Waals surface area (Å²) in [5.74, 6) is -0.0123. The van der Waals surface area contributed by atoms with Crippen LogP contribution in [-0.4, -0.2) is 11.9 Å². The summed E-state index contributed by atoms with van der Waals surface area (Å²) in [4.78, 5) is 11.3. The molecule has 2 rings (SSSR count). The normalized spacial score (nSPS) is 19.6. The van der Waals surface area contributed by atoms with Gasteiger partial charge in [-0.15, -0.1) is 0 Å². The van der Waals surface area contributed by atoms with E-state index < -0.39 is 0 Å². The van der Waals surface area contributed by atoms with E-state index in [1.807, 2.05) is 26.0 Å². The van der Waals surface area contributed by atoms with Crippen molar-refractivity contribution < 1.29 is 4.79 Å². The first-order valence-corrected chi connectivity index (χ1v) is 4.55. The molecule has 1 aliphatic rings. The standard InChI is InChI=1S/C10H13N3O/c1-5-3-8-9(4-7(5)11)12-6(2)10(14)13-8/h3-4,6,12H,11H2,1-2H3,(H,13,14). The number of hydrogen-bond donors (Lipinski definition) is 3. The summed E-state index contributed by atoms with van der Waals surface area (Å²) in [6.07, 6.45) is 0. The molecule has 0 saturated heterocycles. The van der Waals surface area contributed by atoms with Gasteiger partial charge in [0, 0.05) is 5.69 Å². The average Bonchev–Trinajstić information content (AvgIpc) is 2.11. The van der Waals surface area contributed by atoms with Gasteiger partial charge in [-0.3, -0.25) is 4.79 Å². The highest BCUT2D eigenvalue weighted by Crippen LogP contribution is 2.30. The SMILES string of the molecule is Cc1cc2c(cc1N)NC(C)C(=O)N2. The second kappa shape index (κ2) is 2.90. The van der Waals surface area contributed by atoms with Crippen LogP contribution in [0.5, 0.6) is 0 Å². The molecule has 1 aliphatic heterocycles. The van der Waals surface area contributed by atoms with Gasteiger partial charge in [-0.1, -0.05) is 0 Å². The van der Waals surface area contributed by atoms with Gasteiger partial charge in [0.2, 0.25) is 5.91 Å². The van der Waals surface area contributed by atoms with Crippen molar-refractivity contribution in [1.82, 2.24) is 0 Å². The molecule has 1 atom stereocenters. The van der Waals surface area contributed by atoms with Gasteiger partial charge in [-0.2, -0.15) is 0 Å². The Morgan fingerprint density at radius 2 is 2.07 bits per heavy atom. The maximum atomic E-state index is 11.3. The molecule has 4 N–H and O–H groups in total. The number of benzene rings is 1. The van der Waals surface area contributed by atoms with Gasteiger partial charge in [0.25, 0.3) is 0 Å². The fraction of sp³-hybridized carbons (Fsp3) is 0.300. The molecule has 0 aromatic heterocycles. The average molecular weight is 191 g/mol. The van der Waals surface area contributed by atoms with E-state index >= 15 is 0 Å². The first-order chi connectivity index (χ1) is 6.58. The Balaban J connectivity index is 2.47. The molecule has 1 amide bonds. The molecule has 0 radical (unpaired) electrons. The van der Waals surface area contributed by atoms with Gasteiger partial charge in [-0.25, -0.2) is 0 Å². The van der Waals surface area contributed by atoms with Crippen molar-refractivity contribution in [2.24, 2.45) is 0 Å². The molecule has 0 bridgehead atoms. The number of carbonyl (C=O) groups is 1. The Bertz CT molecular complexity index is 401. The molecule has 1 heterocycles. The quantitative estimate of drug-likeness (QED) is 0.542. The van der Waals surface area contributed by atoms with E-state index in [0.717, 1.165) is 22.6 Å². The molecule has 1 aromatic carbocycles. The van der Waals surface area contributed by atoms with Gasteiger partial charge >= 0.3 is 0 Å². The number of amides is 1. The summed E-state index contributed by atoms with van der Waals surface area (Å²) in [6, 6.07) is 3.52. The van der Waals surface area contributed by atoms with E-state index in [1.165, 1.54) is 0 Å². The summed E-state index contributed by atoms with van der Waals surface area (Å²) in [6.45, 7) is 3.73. The van der Waals surface area contributed by atoms with E-state index in [-0.39, 0.29) is 11.9 Å². The summed E-state index contributed by atoms with van der Waals surface area (Å²) < 4.78 is 0. The lowest BCUT2D eigenvalue weighted by molar-refractivity contribution is -0.116. The Morgan fingerprint density at radius 1 is 1.36 bits per heavy atom. The third kappa shape index (κ3) is 1.28. The number of nitrogen functional groups attached to an aromatic ring is 1. The second-order valence-electron chi connectivity index (χ2n) is 3.61. The van der Waals surface area contributed by atoms with Crippen LogP contribution in [0.3, 0.4) is 0 Å². The minimum atomic E-state index is -0.204. The van der Waals surface area contributed by atoms with Crippen LogP contribution in [0.4, 0.5) is 17.1 Å². The summed E-state index contributed by atoms with van der Waals surface area (Å²) in [5.41, 5.74) is 9.17. The predicted molar refractivity (Wildman–Crippen MR) is 57.3 cm³/mol. The van der Waals surface area contributed by atoms with E-state index in [2.05, 4.69) is 10.6 Å². The molecule has 0 aliphatic carbocycles. The molecule has 1 unspecified atom stereocenters. The van der Waals surface area contributed by atoms with Crippen LogP contribution in [0.1, 0.15) is 12.5 Å². The topological polar surface area (TPSA) is 67.1 Å². The zero-order valence-corrected chi connectivity index (χ0v) is 8.22. The van der Waals surface area contributed by atoms with Crippen molar-refractivity contribution in [3.05, 3.63) is 17.7 Å². The molecular weight excluding hydrogens is 178 g/mol. The van der Waals surface area contributed by atoms with Crippen molar-refractivity contribution in [2.75, 3.05) is 16.4 Å². The lowest BCUT2D eigenvalue weighted by Crippen LogP contribution is -2.36. The fourth-order valence-corrected chi connectivity index (χ4v) is 1.49. The molecule has 74 valence electrons. The number of nitrogens with two attached hydrogens (primary N) is 1. The number of carbonyl (C=O) groups excluding carboxylic acids is 1. The highest BCUT2D eigenvalue weighted by Gasteiger charge is 2.21.